The molecule has 0 aliphatic carbocycles. The zero-order chi connectivity index (χ0) is 22.6. The second kappa shape index (κ2) is 9.68. The normalized spacial score (nSPS) is 14.8. The lowest BCUT2D eigenvalue weighted by Gasteiger charge is -2.25. The fourth-order valence-electron chi connectivity index (χ4n) is 3.17. The molecule has 0 atom stereocenters. The van der Waals surface area contributed by atoms with Crippen LogP contribution in [0.15, 0.2) is 53.9 Å². The number of nitrogens with zero attached hydrogens (tertiary/aromatic N) is 2. The SMILES string of the molecule is O=C(Nc1nc(CN2CCOCC2)cs1)c1cccc(Oc2cccc(C(F)(F)F)c2)c1. The number of hydrogen-bond donors (Lipinski definition) is 1. The van der Waals surface area contributed by atoms with Gasteiger partial charge in [0.25, 0.3) is 5.91 Å². The topological polar surface area (TPSA) is 63.7 Å². The molecule has 0 unspecified atom stereocenters. The molecule has 3 aromatic rings. The predicted octanol–water partition coefficient (Wildman–Crippen LogP) is 5.04. The Morgan fingerprint density at radius 2 is 1.84 bits per heavy atom. The van der Waals surface area contributed by atoms with Crippen LogP contribution in [0, 0.1) is 0 Å². The summed E-state index contributed by atoms with van der Waals surface area (Å²) in [5.41, 5.74) is 0.369. The van der Waals surface area contributed by atoms with Crippen molar-refractivity contribution < 1.29 is 27.4 Å². The molecule has 32 heavy (non-hydrogen) atoms. The standard InChI is InChI=1S/C22H20F3N3O3S/c23-22(24,25)16-4-2-6-19(12-16)31-18-5-1-3-15(11-18)20(29)27-21-26-17(14-32-21)13-28-7-9-30-10-8-28/h1-6,11-12,14H,7-10,13H2,(H,26,27,29). The quantitative estimate of drug-likeness (QED) is 0.555. The Hall–Kier alpha value is -2.95. The van der Waals surface area contributed by atoms with E-state index in [1.165, 1.54) is 29.5 Å². The highest BCUT2D eigenvalue weighted by molar-refractivity contribution is 7.14. The second-order valence-corrected chi connectivity index (χ2v) is 8.00. The van der Waals surface area contributed by atoms with Crippen LogP contribution in [0.1, 0.15) is 21.6 Å². The van der Waals surface area contributed by atoms with E-state index in [2.05, 4.69) is 15.2 Å². The molecule has 0 spiro atoms. The number of anilines is 1. The van der Waals surface area contributed by atoms with Crippen molar-refractivity contribution in [3.8, 4) is 11.5 Å². The van der Waals surface area contributed by atoms with Crippen molar-refractivity contribution in [2.24, 2.45) is 0 Å². The molecule has 1 N–H and O–H groups in total. The molecule has 1 amide bonds. The molecule has 1 aliphatic heterocycles. The number of halogens is 3. The van der Waals surface area contributed by atoms with Gasteiger partial charge in [0.1, 0.15) is 11.5 Å². The summed E-state index contributed by atoms with van der Waals surface area (Å²) in [7, 11) is 0. The van der Waals surface area contributed by atoms with Crippen LogP contribution in [0.4, 0.5) is 18.3 Å². The first kappa shape index (κ1) is 22.3. The Bertz CT molecular complexity index is 1080. The zero-order valence-corrected chi connectivity index (χ0v) is 17.7. The number of ether oxygens (including phenoxy) is 2. The van der Waals surface area contributed by atoms with E-state index >= 15 is 0 Å². The Kier molecular flexibility index (Phi) is 6.73. The predicted molar refractivity (Wildman–Crippen MR) is 114 cm³/mol. The van der Waals surface area contributed by atoms with E-state index in [9.17, 15) is 18.0 Å². The smallest absolute Gasteiger partial charge is 0.416 e. The highest BCUT2D eigenvalue weighted by atomic mass is 32.1. The number of morpholine rings is 1. The number of alkyl halides is 3. The third-order valence-electron chi connectivity index (χ3n) is 4.75. The van der Waals surface area contributed by atoms with Crippen molar-refractivity contribution >= 4 is 22.4 Å². The van der Waals surface area contributed by atoms with E-state index in [0.717, 1.165) is 30.9 Å². The molecular formula is C22H20F3N3O3S. The van der Waals surface area contributed by atoms with Crippen LogP contribution in [0.25, 0.3) is 0 Å². The number of thiazole rings is 1. The number of benzene rings is 2. The molecule has 2 heterocycles. The molecule has 1 fully saturated rings. The van der Waals surface area contributed by atoms with Crippen LogP contribution in [0.2, 0.25) is 0 Å². The number of hydrogen-bond acceptors (Lipinski definition) is 6. The van der Waals surface area contributed by atoms with Crippen LogP contribution in [0.5, 0.6) is 11.5 Å². The molecule has 0 radical (unpaired) electrons. The summed E-state index contributed by atoms with van der Waals surface area (Å²) in [5, 5.41) is 5.13. The zero-order valence-electron chi connectivity index (χ0n) is 16.9. The monoisotopic (exact) mass is 463 g/mol. The largest absolute Gasteiger partial charge is 0.457 e. The Balaban J connectivity index is 1.39. The lowest BCUT2D eigenvalue weighted by atomic mass is 10.2. The van der Waals surface area contributed by atoms with Gasteiger partial charge in [0.15, 0.2) is 5.13 Å². The molecule has 168 valence electrons. The van der Waals surface area contributed by atoms with E-state index in [1.807, 2.05) is 5.38 Å². The van der Waals surface area contributed by atoms with Crippen molar-refractivity contribution in [1.82, 2.24) is 9.88 Å². The number of carbonyl (C=O) groups excluding carboxylic acids is 1. The average molecular weight is 463 g/mol. The maximum Gasteiger partial charge on any atom is 0.416 e. The first-order valence-electron chi connectivity index (χ1n) is 9.88. The molecule has 1 aliphatic rings. The minimum Gasteiger partial charge on any atom is -0.457 e. The molecular weight excluding hydrogens is 443 g/mol. The van der Waals surface area contributed by atoms with Gasteiger partial charge in [-0.3, -0.25) is 15.0 Å². The molecule has 2 aromatic carbocycles. The van der Waals surface area contributed by atoms with Crippen molar-refractivity contribution in [3.63, 3.8) is 0 Å². The maximum absolute atomic E-state index is 12.9. The maximum atomic E-state index is 12.9. The molecule has 1 saturated heterocycles. The first-order chi connectivity index (χ1) is 15.4. The number of nitrogens with one attached hydrogen (secondary N) is 1. The van der Waals surface area contributed by atoms with Crippen LogP contribution in [-0.2, 0) is 17.5 Å². The average Bonchev–Trinajstić information content (AvgIpc) is 3.21. The summed E-state index contributed by atoms with van der Waals surface area (Å²) < 4.78 is 49.6. The molecule has 10 heteroatoms. The van der Waals surface area contributed by atoms with Crippen LogP contribution >= 0.6 is 11.3 Å². The van der Waals surface area contributed by atoms with Gasteiger partial charge < -0.3 is 9.47 Å². The van der Waals surface area contributed by atoms with E-state index in [4.69, 9.17) is 9.47 Å². The van der Waals surface area contributed by atoms with Gasteiger partial charge in [-0.25, -0.2) is 4.98 Å². The van der Waals surface area contributed by atoms with Gasteiger partial charge in [-0.05, 0) is 36.4 Å². The van der Waals surface area contributed by atoms with Gasteiger partial charge in [0.05, 0.1) is 24.5 Å². The lowest BCUT2D eigenvalue weighted by Crippen LogP contribution is -2.35. The summed E-state index contributed by atoms with van der Waals surface area (Å²) in [6.45, 7) is 3.78. The third kappa shape index (κ3) is 5.84. The van der Waals surface area contributed by atoms with Crippen LogP contribution in [0.3, 0.4) is 0 Å². The van der Waals surface area contributed by atoms with E-state index in [-0.39, 0.29) is 17.4 Å². The van der Waals surface area contributed by atoms with Crippen molar-refractivity contribution in [1.29, 1.82) is 0 Å². The fourth-order valence-corrected chi connectivity index (χ4v) is 3.86. The number of aromatic nitrogens is 1. The van der Waals surface area contributed by atoms with Crippen molar-refractivity contribution in [2.45, 2.75) is 12.7 Å². The molecule has 1 aromatic heterocycles. The summed E-state index contributed by atoms with van der Waals surface area (Å²) in [5.74, 6) is -0.0963. The second-order valence-electron chi connectivity index (χ2n) is 7.14. The van der Waals surface area contributed by atoms with Gasteiger partial charge in [0.2, 0.25) is 0 Å². The van der Waals surface area contributed by atoms with Crippen molar-refractivity contribution in [2.75, 3.05) is 31.6 Å². The number of carbonyl (C=O) groups is 1. The van der Waals surface area contributed by atoms with Crippen LogP contribution in [-0.4, -0.2) is 42.1 Å². The van der Waals surface area contributed by atoms with Gasteiger partial charge in [-0.15, -0.1) is 11.3 Å². The first-order valence-corrected chi connectivity index (χ1v) is 10.8. The van der Waals surface area contributed by atoms with Gasteiger partial charge in [-0.2, -0.15) is 13.2 Å². The molecule has 0 saturated carbocycles. The van der Waals surface area contributed by atoms with Gasteiger partial charge >= 0.3 is 6.18 Å². The number of rotatable bonds is 6. The summed E-state index contributed by atoms with van der Waals surface area (Å²) in [6, 6.07) is 10.8. The lowest BCUT2D eigenvalue weighted by molar-refractivity contribution is -0.137. The minimum atomic E-state index is -4.46. The van der Waals surface area contributed by atoms with Gasteiger partial charge in [0, 0.05) is 30.6 Å². The molecule has 6 nitrogen and oxygen atoms in total. The molecule has 4 rings (SSSR count). The summed E-state index contributed by atoms with van der Waals surface area (Å²) in [6.07, 6.45) is -4.46. The fraction of sp³-hybridized carbons (Fsp3) is 0.273. The van der Waals surface area contributed by atoms with E-state index in [0.29, 0.717) is 30.5 Å². The van der Waals surface area contributed by atoms with Crippen LogP contribution < -0.4 is 10.1 Å². The Morgan fingerprint density at radius 1 is 1.12 bits per heavy atom. The summed E-state index contributed by atoms with van der Waals surface area (Å²) >= 11 is 1.33. The third-order valence-corrected chi connectivity index (χ3v) is 5.56. The minimum absolute atomic E-state index is 0.0325. The number of amides is 1. The highest BCUT2D eigenvalue weighted by Gasteiger charge is 2.30. The van der Waals surface area contributed by atoms with Gasteiger partial charge in [-0.1, -0.05) is 12.1 Å². The van der Waals surface area contributed by atoms with Crippen molar-refractivity contribution in [3.05, 3.63) is 70.7 Å². The van der Waals surface area contributed by atoms with E-state index in [1.54, 1.807) is 18.2 Å². The highest BCUT2D eigenvalue weighted by Crippen LogP contribution is 2.33. The van der Waals surface area contributed by atoms with E-state index < -0.39 is 11.7 Å². The summed E-state index contributed by atoms with van der Waals surface area (Å²) in [4.78, 5) is 19.3. The Morgan fingerprint density at radius 3 is 2.59 bits per heavy atom. The Labute approximate surface area is 186 Å². The molecule has 0 bridgehead atoms.